The van der Waals surface area contributed by atoms with Gasteiger partial charge in [0.25, 0.3) is 35.4 Å². The molecule has 2 N–H and O–H groups in total. The van der Waals surface area contributed by atoms with Crippen molar-refractivity contribution in [3.05, 3.63) is 93.0 Å². The van der Waals surface area contributed by atoms with Crippen LogP contribution in [0.1, 0.15) is 301 Å². The fourth-order valence-corrected chi connectivity index (χ4v) is 11.5. The molecule has 80 heavy (non-hydrogen) atoms. The van der Waals surface area contributed by atoms with E-state index in [1.165, 1.54) is 128 Å². The third-order valence-electron chi connectivity index (χ3n) is 16.8. The van der Waals surface area contributed by atoms with E-state index >= 15 is 0 Å². The third-order valence-corrected chi connectivity index (χ3v) is 16.8. The molecule has 10 nitrogen and oxygen atoms in total. The number of carbonyl (C=O) groups is 6. The van der Waals surface area contributed by atoms with Crippen LogP contribution in [0.2, 0.25) is 0 Å². The van der Waals surface area contributed by atoms with E-state index in [2.05, 4.69) is 118 Å². The van der Waals surface area contributed by atoms with E-state index in [0.717, 1.165) is 68.5 Å². The summed E-state index contributed by atoms with van der Waals surface area (Å²) >= 11 is 0. The Labute approximate surface area is 482 Å². The number of unbranched alkanes of at least 4 members (excludes halogenated alkanes) is 23. The van der Waals surface area contributed by atoms with Gasteiger partial charge in [0.15, 0.2) is 0 Å². The molecule has 10 heteroatoms. The van der Waals surface area contributed by atoms with Crippen LogP contribution in [0.25, 0.3) is 21.5 Å². The first kappa shape index (κ1) is 64.1. The maximum atomic E-state index is 13.8. The molecule has 6 amide bonds. The number of imide groups is 6. The zero-order valence-corrected chi connectivity index (χ0v) is 51.8. The monoisotopic (exact) mass is 1090 g/mol. The second-order valence-electron chi connectivity index (χ2n) is 27.8. The fourth-order valence-electron chi connectivity index (χ4n) is 11.5. The van der Waals surface area contributed by atoms with E-state index < -0.39 is 35.4 Å². The molecule has 4 aromatic carbocycles. The molecule has 0 atom stereocenters. The largest absolute Gasteiger partial charge is 0.308 e. The van der Waals surface area contributed by atoms with Crippen molar-refractivity contribution < 1.29 is 28.8 Å². The van der Waals surface area contributed by atoms with Gasteiger partial charge < -0.3 is 10.6 Å². The number of amides is 6. The lowest BCUT2D eigenvalue weighted by atomic mass is 9.79. The topological polar surface area (TPSA) is 133 Å². The summed E-state index contributed by atoms with van der Waals surface area (Å²) in [6, 6.07) is 15.9. The molecule has 4 aromatic rings. The van der Waals surface area contributed by atoms with Gasteiger partial charge in [-0.3, -0.25) is 28.8 Å². The van der Waals surface area contributed by atoms with E-state index in [4.69, 9.17) is 0 Å². The first-order chi connectivity index (χ1) is 37.8. The van der Waals surface area contributed by atoms with E-state index in [1.54, 1.807) is 0 Å². The van der Waals surface area contributed by atoms with Crippen LogP contribution < -0.4 is 10.6 Å². The molecule has 0 saturated heterocycles. The van der Waals surface area contributed by atoms with Crippen molar-refractivity contribution in [1.29, 1.82) is 0 Å². The van der Waals surface area contributed by atoms with Gasteiger partial charge in [-0.05, 0) is 105 Å². The number of carbonyl (C=O) groups excluding carboxylic acids is 6. The lowest BCUT2D eigenvalue weighted by Gasteiger charge is -2.30. The summed E-state index contributed by atoms with van der Waals surface area (Å²) < 4.78 is 0. The Bertz CT molecular complexity index is 2490. The number of nitrogens with one attached hydrogen (secondary N) is 2. The van der Waals surface area contributed by atoms with Crippen LogP contribution in [0.3, 0.4) is 0 Å². The van der Waals surface area contributed by atoms with Gasteiger partial charge in [-0.15, -0.1) is 0 Å². The number of rotatable bonds is 31. The van der Waals surface area contributed by atoms with Gasteiger partial charge in [-0.2, -0.15) is 0 Å². The van der Waals surface area contributed by atoms with Crippen molar-refractivity contribution in [3.63, 3.8) is 0 Å². The lowest BCUT2D eigenvalue weighted by molar-refractivity contribution is -0.126. The summed E-state index contributed by atoms with van der Waals surface area (Å²) in [4.78, 5) is 83.9. The smallest absolute Gasteiger partial charge is 0.268 e. The second kappa shape index (κ2) is 28.8. The molecule has 0 spiro atoms. The Morgan fingerprint density at radius 3 is 0.688 bits per heavy atom. The summed E-state index contributed by atoms with van der Waals surface area (Å²) in [7, 11) is 0. The molecule has 2 heterocycles. The lowest BCUT2D eigenvalue weighted by Crippen LogP contribution is -2.48. The molecule has 6 rings (SSSR count). The summed E-state index contributed by atoms with van der Waals surface area (Å²) in [5.74, 6) is -3.09. The Kier molecular flexibility index (Phi) is 23.1. The maximum absolute atomic E-state index is 13.8. The quantitative estimate of drug-likeness (QED) is 0.0376. The highest BCUT2D eigenvalue weighted by atomic mass is 16.2. The van der Waals surface area contributed by atoms with Gasteiger partial charge in [0.1, 0.15) is 0 Å². The average Bonchev–Trinajstić information content (AvgIpc) is 3.55. The van der Waals surface area contributed by atoms with E-state index in [-0.39, 0.29) is 34.7 Å². The highest BCUT2D eigenvalue weighted by molar-refractivity contribution is 6.32. The highest BCUT2D eigenvalue weighted by Crippen LogP contribution is 2.40. The summed E-state index contributed by atoms with van der Waals surface area (Å²) in [5, 5.41) is 9.48. The molecule has 2 aliphatic heterocycles. The molecule has 0 aliphatic carbocycles. The maximum Gasteiger partial charge on any atom is 0.268 e. The zero-order chi connectivity index (χ0) is 58.4. The van der Waals surface area contributed by atoms with Crippen molar-refractivity contribution >= 4 is 57.0 Å². The molecule has 0 aromatic heterocycles. The van der Waals surface area contributed by atoms with Gasteiger partial charge >= 0.3 is 0 Å². The Morgan fingerprint density at radius 2 is 0.500 bits per heavy atom. The van der Waals surface area contributed by atoms with Gasteiger partial charge in [-0.1, -0.05) is 249 Å². The molecule has 0 radical (unpaired) electrons. The van der Waals surface area contributed by atoms with E-state index in [0.29, 0.717) is 46.1 Å². The van der Waals surface area contributed by atoms with Crippen LogP contribution in [0.15, 0.2) is 48.5 Å². The standard InChI is InChI=1S/C70H102N4O6/c1-67(2,3)51-39-49-40-52(68(4,5)6)44-56-61(49)55(43-51)63(77)73(64(56)78)59(75)47-71-37-35-33-31-29-27-25-23-21-19-17-15-13-14-16-18-20-22-24-26-28-30-32-34-36-38-72-48-60(76)74-65(79)57-45-53(69(7,8)9)41-50-42-54(70(10,11)12)46-58(62(50)57)66(74)80/h39-46,71-72H,13-38,47-48H2,1-12H3. The second-order valence-corrected chi connectivity index (χ2v) is 27.8. The number of hydrogen-bond donors (Lipinski definition) is 2. The molecule has 0 saturated carbocycles. The van der Waals surface area contributed by atoms with Crippen molar-refractivity contribution in [1.82, 2.24) is 20.4 Å². The van der Waals surface area contributed by atoms with Gasteiger partial charge in [0, 0.05) is 33.0 Å². The number of hydrogen-bond acceptors (Lipinski definition) is 8. The normalized spacial score (nSPS) is 14.2. The molecule has 0 fully saturated rings. The Morgan fingerprint density at radius 1 is 0.312 bits per heavy atom. The fraction of sp³-hybridized carbons (Fsp3) is 0.629. The van der Waals surface area contributed by atoms with E-state index in [9.17, 15) is 28.8 Å². The molecule has 438 valence electrons. The van der Waals surface area contributed by atoms with Crippen LogP contribution in [0.4, 0.5) is 0 Å². The van der Waals surface area contributed by atoms with Gasteiger partial charge in [-0.25, -0.2) is 9.80 Å². The number of nitrogens with zero attached hydrogens (tertiary/aromatic N) is 2. The van der Waals surface area contributed by atoms with Crippen LogP contribution in [-0.2, 0) is 31.2 Å². The van der Waals surface area contributed by atoms with Crippen LogP contribution >= 0.6 is 0 Å². The van der Waals surface area contributed by atoms with Gasteiger partial charge in [0.2, 0.25) is 0 Å². The molecule has 0 bridgehead atoms. The Balaban J connectivity index is 0.701. The minimum atomic E-state index is -0.525. The zero-order valence-electron chi connectivity index (χ0n) is 51.8. The molecule has 0 unspecified atom stereocenters. The van der Waals surface area contributed by atoms with Crippen molar-refractivity contribution in [2.45, 2.75) is 259 Å². The first-order valence-electron chi connectivity index (χ1n) is 31.3. The van der Waals surface area contributed by atoms with Crippen LogP contribution in [0.5, 0.6) is 0 Å². The van der Waals surface area contributed by atoms with Gasteiger partial charge in [0.05, 0.1) is 13.1 Å². The minimum absolute atomic E-state index is 0.0411. The van der Waals surface area contributed by atoms with Crippen molar-refractivity contribution in [3.8, 4) is 0 Å². The Hall–Kier alpha value is -5.06. The van der Waals surface area contributed by atoms with E-state index in [1.807, 2.05) is 24.3 Å². The summed E-state index contributed by atoms with van der Waals surface area (Å²) in [5.41, 5.74) is 4.91. The minimum Gasteiger partial charge on any atom is -0.308 e. The number of benzene rings is 4. The van der Waals surface area contributed by atoms with Crippen molar-refractivity contribution in [2.75, 3.05) is 26.2 Å². The predicted octanol–water partition coefficient (Wildman–Crippen LogP) is 16.7. The summed E-state index contributed by atoms with van der Waals surface area (Å²) in [6.07, 6.45) is 30.4. The third kappa shape index (κ3) is 17.2. The van der Waals surface area contributed by atoms with Crippen LogP contribution in [-0.4, -0.2) is 71.4 Å². The summed E-state index contributed by atoms with van der Waals surface area (Å²) in [6.45, 7) is 26.6. The first-order valence-corrected chi connectivity index (χ1v) is 31.3. The highest BCUT2D eigenvalue weighted by Gasteiger charge is 2.40. The molecular formula is C70H102N4O6. The average molecular weight is 1100 g/mol. The van der Waals surface area contributed by atoms with Crippen LogP contribution in [0, 0.1) is 0 Å². The predicted molar refractivity (Wildman–Crippen MR) is 330 cm³/mol. The SMILES string of the molecule is CC(C)(C)c1cc2c3c(cc(C(C)(C)C)cc3c1)C(=O)N(C(=O)CNCCCCCCCCCCCCCCCCCCCCCCCCCCNCC(=O)N1C(=O)c3cc(C(C)(C)C)cc4cc(C(C)(C)C)cc(c34)C1=O)C2=O. The molecule has 2 aliphatic rings. The van der Waals surface area contributed by atoms with Crippen molar-refractivity contribution in [2.24, 2.45) is 0 Å². The molecular weight excluding hydrogens is 993 g/mol.